The molecule has 2 aromatic carbocycles. The van der Waals surface area contributed by atoms with Crippen LogP contribution in [0.1, 0.15) is 26.2 Å². The first-order chi connectivity index (χ1) is 15.7. The Hall–Kier alpha value is -2.20. The highest BCUT2D eigenvalue weighted by molar-refractivity contribution is 7.89. The van der Waals surface area contributed by atoms with Gasteiger partial charge in [0.15, 0.2) is 0 Å². The lowest BCUT2D eigenvalue weighted by Gasteiger charge is -2.35. The minimum atomic E-state index is -3.92. The highest BCUT2D eigenvalue weighted by atomic mass is 35.5. The fourth-order valence-corrected chi connectivity index (χ4v) is 5.96. The minimum absolute atomic E-state index is 0.0775. The number of nitrogens with one attached hydrogen (secondary N) is 1. The van der Waals surface area contributed by atoms with Crippen molar-refractivity contribution in [3.05, 3.63) is 41.4 Å². The summed E-state index contributed by atoms with van der Waals surface area (Å²) in [4.78, 5) is 29.2. The van der Waals surface area contributed by atoms with Gasteiger partial charge in [0.05, 0.1) is 11.0 Å². The zero-order valence-electron chi connectivity index (χ0n) is 18.7. The van der Waals surface area contributed by atoms with Gasteiger partial charge in [-0.3, -0.25) is 9.59 Å². The maximum absolute atomic E-state index is 13.0. The first-order valence-electron chi connectivity index (χ1n) is 11.0. The Bertz CT molecular complexity index is 1160. The number of likely N-dealkylation sites (tertiary alicyclic amines) is 2. The second-order valence-corrected chi connectivity index (χ2v) is 10.7. The molecule has 1 N–H and O–H groups in total. The predicted molar refractivity (Wildman–Crippen MR) is 125 cm³/mol. The molecule has 0 spiro atoms. The lowest BCUT2D eigenvalue weighted by atomic mass is 10.1. The van der Waals surface area contributed by atoms with Gasteiger partial charge in [-0.1, -0.05) is 23.7 Å². The van der Waals surface area contributed by atoms with Crippen molar-refractivity contribution in [3.63, 3.8) is 0 Å². The zero-order chi connectivity index (χ0) is 23.8. The number of carbonyl (C=O) groups is 2. The van der Waals surface area contributed by atoms with Crippen molar-refractivity contribution < 1.29 is 22.7 Å². The van der Waals surface area contributed by atoms with E-state index in [2.05, 4.69) is 4.72 Å². The molecule has 0 aliphatic carbocycles. The molecule has 0 bridgehead atoms. The molecule has 8 nitrogen and oxygen atoms in total. The molecular formula is C23H28ClN3O5S. The van der Waals surface area contributed by atoms with Crippen LogP contribution in [0.3, 0.4) is 0 Å². The van der Waals surface area contributed by atoms with Crippen molar-refractivity contribution in [1.82, 2.24) is 14.5 Å². The number of piperidine rings is 1. The number of amides is 2. The van der Waals surface area contributed by atoms with Gasteiger partial charge in [0.25, 0.3) is 0 Å². The Morgan fingerprint density at radius 3 is 2.45 bits per heavy atom. The quantitative estimate of drug-likeness (QED) is 0.666. The number of halogens is 1. The molecule has 2 heterocycles. The summed E-state index contributed by atoms with van der Waals surface area (Å²) in [5, 5.41) is 2.13. The van der Waals surface area contributed by atoms with Gasteiger partial charge < -0.3 is 14.5 Å². The Morgan fingerprint density at radius 1 is 1.09 bits per heavy atom. The molecule has 2 saturated heterocycles. The average Bonchev–Trinajstić information content (AvgIpc) is 3.17. The normalized spacial score (nSPS) is 21.1. The minimum Gasteiger partial charge on any atom is -0.381 e. The van der Waals surface area contributed by atoms with Crippen molar-refractivity contribution in [2.75, 3.05) is 26.7 Å². The highest BCUT2D eigenvalue weighted by Gasteiger charge is 2.40. The van der Waals surface area contributed by atoms with Crippen LogP contribution in [-0.4, -0.2) is 75.0 Å². The van der Waals surface area contributed by atoms with E-state index in [4.69, 9.17) is 16.3 Å². The first-order valence-corrected chi connectivity index (χ1v) is 12.9. The van der Waals surface area contributed by atoms with Crippen LogP contribution in [-0.2, 0) is 24.3 Å². The van der Waals surface area contributed by atoms with E-state index in [-0.39, 0.29) is 22.8 Å². The molecule has 2 amide bonds. The smallest absolute Gasteiger partial charge is 0.245 e. The second-order valence-electron chi connectivity index (χ2n) is 8.58. The number of ether oxygens (including phenoxy) is 1. The molecule has 33 heavy (non-hydrogen) atoms. The monoisotopic (exact) mass is 493 g/mol. The summed E-state index contributed by atoms with van der Waals surface area (Å²) < 4.78 is 33.8. The van der Waals surface area contributed by atoms with Crippen molar-refractivity contribution in [1.29, 1.82) is 0 Å². The number of rotatable bonds is 6. The van der Waals surface area contributed by atoms with Crippen LogP contribution in [0.15, 0.2) is 41.3 Å². The second kappa shape index (κ2) is 9.58. The summed E-state index contributed by atoms with van der Waals surface area (Å²) in [6.07, 6.45) is 2.00. The number of nitrogens with zero attached hydrogens (tertiary/aromatic N) is 2. The van der Waals surface area contributed by atoms with Gasteiger partial charge in [-0.15, -0.1) is 0 Å². The number of methoxy groups -OCH3 is 1. The predicted octanol–water partition coefficient (Wildman–Crippen LogP) is 2.40. The Labute approximate surface area is 198 Å². The first kappa shape index (κ1) is 23.9. The van der Waals surface area contributed by atoms with Gasteiger partial charge in [-0.2, -0.15) is 4.72 Å². The molecule has 0 saturated carbocycles. The third-order valence-electron chi connectivity index (χ3n) is 6.53. The van der Waals surface area contributed by atoms with E-state index in [1.165, 1.54) is 11.0 Å². The van der Waals surface area contributed by atoms with Gasteiger partial charge in [0, 0.05) is 31.8 Å². The standard InChI is InChI=1S/C23H28ClN3O5S/c1-15(22(28)26-10-7-19(32-2)8-11-26)27-12-9-21(23(27)29)25-33(30,31)20-6-4-16-13-18(24)5-3-17(16)14-20/h3-6,13-15,19,21,25H,7-12H2,1-2H3. The van der Waals surface area contributed by atoms with Crippen molar-refractivity contribution >= 4 is 44.2 Å². The lowest BCUT2D eigenvalue weighted by molar-refractivity contribution is -0.144. The van der Waals surface area contributed by atoms with E-state index >= 15 is 0 Å². The SMILES string of the molecule is COC1CCN(C(=O)C(C)N2CCC(NS(=O)(=O)c3ccc4cc(Cl)ccc4c3)C2=O)CC1. The Morgan fingerprint density at radius 2 is 1.76 bits per heavy atom. The molecule has 0 radical (unpaired) electrons. The van der Waals surface area contributed by atoms with E-state index < -0.39 is 22.1 Å². The third-order valence-corrected chi connectivity index (χ3v) is 8.24. The number of carbonyl (C=O) groups excluding carboxylic acids is 2. The van der Waals surface area contributed by atoms with E-state index in [0.29, 0.717) is 31.1 Å². The topological polar surface area (TPSA) is 96.0 Å². The Balaban J connectivity index is 1.42. The van der Waals surface area contributed by atoms with Gasteiger partial charge in [0.1, 0.15) is 12.1 Å². The van der Waals surface area contributed by atoms with Crippen molar-refractivity contribution in [3.8, 4) is 0 Å². The fourth-order valence-electron chi connectivity index (χ4n) is 4.52. The van der Waals surface area contributed by atoms with E-state index in [0.717, 1.165) is 23.6 Å². The summed E-state index contributed by atoms with van der Waals surface area (Å²) in [5.74, 6) is -0.492. The molecule has 2 aliphatic rings. The lowest BCUT2D eigenvalue weighted by Crippen LogP contribution is -2.52. The summed E-state index contributed by atoms with van der Waals surface area (Å²) in [5.41, 5.74) is 0. The van der Waals surface area contributed by atoms with Gasteiger partial charge in [-0.05, 0) is 61.2 Å². The summed E-state index contributed by atoms with van der Waals surface area (Å²) >= 11 is 6.00. The molecule has 2 aromatic rings. The maximum atomic E-state index is 13.0. The number of fused-ring (bicyclic) bond motifs is 1. The zero-order valence-corrected chi connectivity index (χ0v) is 20.2. The molecule has 2 unspecified atom stereocenters. The van der Waals surface area contributed by atoms with Crippen LogP contribution in [0.25, 0.3) is 10.8 Å². The van der Waals surface area contributed by atoms with E-state index in [1.807, 2.05) is 0 Å². The van der Waals surface area contributed by atoms with Crippen LogP contribution in [0.4, 0.5) is 0 Å². The van der Waals surface area contributed by atoms with Crippen LogP contribution in [0.2, 0.25) is 5.02 Å². The average molecular weight is 494 g/mol. The number of sulfonamides is 1. The van der Waals surface area contributed by atoms with Gasteiger partial charge in [-0.25, -0.2) is 8.42 Å². The fraction of sp³-hybridized carbons (Fsp3) is 0.478. The molecule has 10 heteroatoms. The molecule has 2 aliphatic heterocycles. The maximum Gasteiger partial charge on any atom is 0.245 e. The van der Waals surface area contributed by atoms with E-state index in [9.17, 15) is 18.0 Å². The largest absolute Gasteiger partial charge is 0.381 e. The summed E-state index contributed by atoms with van der Waals surface area (Å²) in [7, 11) is -2.25. The molecule has 178 valence electrons. The van der Waals surface area contributed by atoms with Crippen molar-refractivity contribution in [2.45, 2.75) is 49.3 Å². The molecule has 2 fully saturated rings. The van der Waals surface area contributed by atoms with Gasteiger partial charge >= 0.3 is 0 Å². The van der Waals surface area contributed by atoms with Crippen LogP contribution < -0.4 is 4.72 Å². The summed E-state index contributed by atoms with van der Waals surface area (Å²) in [6, 6.07) is 8.40. The molecule has 4 rings (SSSR count). The van der Waals surface area contributed by atoms with Crippen LogP contribution >= 0.6 is 11.6 Å². The van der Waals surface area contributed by atoms with E-state index in [1.54, 1.807) is 49.3 Å². The summed E-state index contributed by atoms with van der Waals surface area (Å²) in [6.45, 7) is 3.21. The third kappa shape index (κ3) is 5.01. The van der Waals surface area contributed by atoms with Crippen LogP contribution in [0, 0.1) is 0 Å². The molecule has 0 aromatic heterocycles. The number of hydrogen-bond acceptors (Lipinski definition) is 5. The Kier molecular flexibility index (Phi) is 6.95. The number of benzene rings is 2. The molecular weight excluding hydrogens is 466 g/mol. The molecule has 2 atom stereocenters. The van der Waals surface area contributed by atoms with Gasteiger partial charge in [0.2, 0.25) is 21.8 Å². The highest BCUT2D eigenvalue weighted by Crippen LogP contribution is 2.24. The van der Waals surface area contributed by atoms with Crippen molar-refractivity contribution in [2.24, 2.45) is 0 Å². The number of hydrogen-bond donors (Lipinski definition) is 1. The van der Waals surface area contributed by atoms with Crippen LogP contribution in [0.5, 0.6) is 0 Å².